The molecule has 0 aliphatic rings. The van der Waals surface area contributed by atoms with Crippen LogP contribution in [-0.2, 0) is 0 Å². The SMILES string of the molecule is Cc1ncc(C=CCBr)cn1. The summed E-state index contributed by atoms with van der Waals surface area (Å²) in [4.78, 5) is 8.11. The first-order valence-electron chi connectivity index (χ1n) is 3.34. The zero-order valence-electron chi connectivity index (χ0n) is 6.29. The summed E-state index contributed by atoms with van der Waals surface area (Å²) in [6, 6.07) is 0. The van der Waals surface area contributed by atoms with Gasteiger partial charge in [0.1, 0.15) is 5.82 Å². The van der Waals surface area contributed by atoms with E-state index in [0.717, 1.165) is 16.7 Å². The molecule has 0 radical (unpaired) electrons. The van der Waals surface area contributed by atoms with Crippen molar-refractivity contribution < 1.29 is 0 Å². The van der Waals surface area contributed by atoms with Crippen molar-refractivity contribution in [1.29, 1.82) is 0 Å². The molecule has 1 rings (SSSR count). The fourth-order valence-corrected chi connectivity index (χ4v) is 0.856. The highest BCUT2D eigenvalue weighted by molar-refractivity contribution is 9.09. The molecule has 0 spiro atoms. The molecular weight excluding hydrogens is 204 g/mol. The van der Waals surface area contributed by atoms with E-state index in [0.29, 0.717) is 0 Å². The fraction of sp³-hybridized carbons (Fsp3) is 0.250. The van der Waals surface area contributed by atoms with E-state index < -0.39 is 0 Å². The average Bonchev–Trinajstić information content (AvgIpc) is 2.04. The normalized spacial score (nSPS) is 10.7. The number of hydrogen-bond donors (Lipinski definition) is 0. The summed E-state index contributed by atoms with van der Waals surface area (Å²) in [5.74, 6) is 0.806. The van der Waals surface area contributed by atoms with Crippen molar-refractivity contribution in [1.82, 2.24) is 9.97 Å². The molecule has 2 nitrogen and oxygen atoms in total. The zero-order chi connectivity index (χ0) is 8.10. The molecule has 0 saturated heterocycles. The van der Waals surface area contributed by atoms with Crippen LogP contribution >= 0.6 is 15.9 Å². The van der Waals surface area contributed by atoms with Crippen molar-refractivity contribution in [2.24, 2.45) is 0 Å². The molecular formula is C8H9BrN2. The molecule has 0 unspecified atom stereocenters. The predicted molar refractivity (Wildman–Crippen MR) is 49.6 cm³/mol. The molecule has 0 atom stereocenters. The van der Waals surface area contributed by atoms with E-state index in [-0.39, 0.29) is 0 Å². The van der Waals surface area contributed by atoms with Crippen molar-refractivity contribution >= 4 is 22.0 Å². The Balaban J connectivity index is 2.73. The number of hydrogen-bond acceptors (Lipinski definition) is 2. The molecule has 0 saturated carbocycles. The van der Waals surface area contributed by atoms with Crippen LogP contribution < -0.4 is 0 Å². The van der Waals surface area contributed by atoms with Crippen LogP contribution in [0.15, 0.2) is 18.5 Å². The molecule has 0 aliphatic carbocycles. The van der Waals surface area contributed by atoms with Crippen LogP contribution in [0.5, 0.6) is 0 Å². The lowest BCUT2D eigenvalue weighted by Crippen LogP contribution is -1.85. The van der Waals surface area contributed by atoms with E-state index in [9.17, 15) is 0 Å². The molecule has 0 aliphatic heterocycles. The summed E-state index contributed by atoms with van der Waals surface area (Å²) >= 11 is 3.29. The molecule has 0 fully saturated rings. The third-order valence-corrected chi connectivity index (χ3v) is 1.57. The van der Waals surface area contributed by atoms with Gasteiger partial charge in [-0.15, -0.1) is 0 Å². The molecule has 3 heteroatoms. The Hall–Kier alpha value is -0.700. The Morgan fingerprint density at radius 1 is 1.45 bits per heavy atom. The minimum atomic E-state index is 0.806. The van der Waals surface area contributed by atoms with Crippen LogP contribution in [0.1, 0.15) is 11.4 Å². The van der Waals surface area contributed by atoms with Gasteiger partial charge >= 0.3 is 0 Å². The summed E-state index contributed by atoms with van der Waals surface area (Å²) < 4.78 is 0. The summed E-state index contributed by atoms with van der Waals surface area (Å²) in [6.07, 6.45) is 7.60. The second-order valence-electron chi connectivity index (χ2n) is 2.12. The first-order valence-corrected chi connectivity index (χ1v) is 4.46. The Labute approximate surface area is 74.5 Å². The van der Waals surface area contributed by atoms with Crippen molar-refractivity contribution in [3.8, 4) is 0 Å². The molecule has 11 heavy (non-hydrogen) atoms. The maximum atomic E-state index is 4.05. The number of aryl methyl sites for hydroxylation is 1. The molecule has 0 amide bonds. The summed E-state index contributed by atoms with van der Waals surface area (Å²) in [5.41, 5.74) is 1.04. The molecule has 1 heterocycles. The van der Waals surface area contributed by atoms with E-state index in [1.807, 2.05) is 31.5 Å². The van der Waals surface area contributed by atoms with E-state index in [1.165, 1.54) is 0 Å². The van der Waals surface area contributed by atoms with Gasteiger partial charge in [0.05, 0.1) is 0 Å². The molecule has 58 valence electrons. The number of allylic oxidation sites excluding steroid dienone is 1. The van der Waals surface area contributed by atoms with Gasteiger partial charge in [-0.05, 0) is 6.92 Å². The van der Waals surface area contributed by atoms with Crippen LogP contribution in [0.3, 0.4) is 0 Å². The third kappa shape index (κ3) is 2.80. The Morgan fingerprint density at radius 3 is 2.64 bits per heavy atom. The van der Waals surface area contributed by atoms with E-state index in [2.05, 4.69) is 25.9 Å². The number of alkyl halides is 1. The van der Waals surface area contributed by atoms with Gasteiger partial charge in [0.15, 0.2) is 0 Å². The minimum Gasteiger partial charge on any atom is -0.241 e. The number of halogens is 1. The van der Waals surface area contributed by atoms with Crippen molar-refractivity contribution in [3.05, 3.63) is 29.9 Å². The highest BCUT2D eigenvalue weighted by atomic mass is 79.9. The second-order valence-corrected chi connectivity index (χ2v) is 2.77. The van der Waals surface area contributed by atoms with Crippen LogP contribution in [0, 0.1) is 6.92 Å². The van der Waals surface area contributed by atoms with Gasteiger partial charge < -0.3 is 0 Å². The average molecular weight is 213 g/mol. The quantitative estimate of drug-likeness (QED) is 0.703. The maximum absolute atomic E-state index is 4.05. The summed E-state index contributed by atoms with van der Waals surface area (Å²) in [7, 11) is 0. The van der Waals surface area contributed by atoms with Crippen molar-refractivity contribution in [3.63, 3.8) is 0 Å². The van der Waals surface area contributed by atoms with Crippen LogP contribution in [0.4, 0.5) is 0 Å². The number of aromatic nitrogens is 2. The largest absolute Gasteiger partial charge is 0.241 e. The number of rotatable bonds is 2. The highest BCUT2D eigenvalue weighted by Crippen LogP contribution is 1.98. The van der Waals surface area contributed by atoms with Crippen molar-refractivity contribution in [2.45, 2.75) is 6.92 Å². The number of nitrogens with zero attached hydrogens (tertiary/aromatic N) is 2. The Bertz CT molecular complexity index is 241. The van der Waals surface area contributed by atoms with E-state index in [4.69, 9.17) is 0 Å². The maximum Gasteiger partial charge on any atom is 0.125 e. The zero-order valence-corrected chi connectivity index (χ0v) is 7.87. The van der Waals surface area contributed by atoms with E-state index in [1.54, 1.807) is 0 Å². The van der Waals surface area contributed by atoms with Crippen molar-refractivity contribution in [2.75, 3.05) is 5.33 Å². The molecule has 0 N–H and O–H groups in total. The van der Waals surface area contributed by atoms with Gasteiger partial charge in [0.2, 0.25) is 0 Å². The lowest BCUT2D eigenvalue weighted by Gasteiger charge is -1.91. The van der Waals surface area contributed by atoms with Gasteiger partial charge in [0.25, 0.3) is 0 Å². The van der Waals surface area contributed by atoms with Gasteiger partial charge in [-0.25, -0.2) is 9.97 Å². The first-order chi connectivity index (χ1) is 5.33. The van der Waals surface area contributed by atoms with Crippen LogP contribution in [0.2, 0.25) is 0 Å². The van der Waals surface area contributed by atoms with Crippen LogP contribution in [0.25, 0.3) is 6.08 Å². The predicted octanol–water partition coefficient (Wildman–Crippen LogP) is 2.19. The molecule has 1 aromatic rings. The minimum absolute atomic E-state index is 0.806. The lowest BCUT2D eigenvalue weighted by molar-refractivity contribution is 1.05. The third-order valence-electron chi connectivity index (χ3n) is 1.20. The molecule has 0 aromatic carbocycles. The van der Waals surface area contributed by atoms with Crippen LogP contribution in [-0.4, -0.2) is 15.3 Å². The fourth-order valence-electron chi connectivity index (χ4n) is 0.669. The van der Waals surface area contributed by atoms with E-state index >= 15 is 0 Å². The Kier molecular flexibility index (Phi) is 3.23. The van der Waals surface area contributed by atoms with Gasteiger partial charge in [-0.3, -0.25) is 0 Å². The monoisotopic (exact) mass is 212 g/mol. The van der Waals surface area contributed by atoms with Gasteiger partial charge in [-0.1, -0.05) is 28.1 Å². The molecule has 1 aromatic heterocycles. The highest BCUT2D eigenvalue weighted by Gasteiger charge is 1.86. The second kappa shape index (κ2) is 4.23. The first kappa shape index (κ1) is 8.40. The van der Waals surface area contributed by atoms with Gasteiger partial charge in [0, 0.05) is 23.3 Å². The standard InChI is InChI=1S/C8H9BrN2/c1-7-10-5-8(6-11-7)3-2-4-9/h2-3,5-6H,4H2,1H3. The lowest BCUT2D eigenvalue weighted by atomic mass is 10.3. The van der Waals surface area contributed by atoms with Gasteiger partial charge in [-0.2, -0.15) is 0 Å². The molecule has 0 bridgehead atoms. The Morgan fingerprint density at radius 2 is 2.09 bits per heavy atom. The topological polar surface area (TPSA) is 25.8 Å². The smallest absolute Gasteiger partial charge is 0.125 e. The summed E-state index contributed by atoms with van der Waals surface area (Å²) in [6.45, 7) is 1.87. The summed E-state index contributed by atoms with van der Waals surface area (Å²) in [5, 5.41) is 0.862.